The average Bonchev–Trinajstić information content (AvgIpc) is 3.23. The Morgan fingerprint density at radius 1 is 0.567 bits per heavy atom. The first kappa shape index (κ1) is 19.4. The number of esters is 2. The highest BCUT2D eigenvalue weighted by molar-refractivity contribution is 6.43. The number of carbonyl (C=O) groups is 6. The van der Waals surface area contributed by atoms with Crippen LogP contribution < -0.4 is 0 Å². The lowest BCUT2D eigenvalue weighted by Gasteiger charge is -2.24. The molecule has 0 bridgehead atoms. The number of Topliss-reactive ketones (excluding diaryl/α,β-unsaturated/α-hetero) is 4. The summed E-state index contributed by atoms with van der Waals surface area (Å²) in [6.45, 7) is 0. The predicted octanol–water partition coefficient (Wildman–Crippen LogP) is 0.974. The zero-order chi connectivity index (χ0) is 21.4. The van der Waals surface area contributed by atoms with E-state index >= 15 is 0 Å². The molecule has 2 fully saturated rings. The zero-order valence-corrected chi connectivity index (χ0v) is 15.3. The molecule has 30 heavy (non-hydrogen) atoms. The molecule has 0 radical (unpaired) electrons. The molecule has 2 aliphatic rings. The number of ketones is 4. The van der Waals surface area contributed by atoms with Crippen LogP contribution in [0.1, 0.15) is 20.7 Å². The normalized spacial score (nSPS) is 25.7. The molecular weight excluding hydrogens is 392 g/mol. The number of rotatable bonds is 5. The standard InChI is InChI=1S/C22H14O8/c23-15(11-7-3-1-4-8-11)13-17(25)21(27)29-19(13)20-14(18(26)22(28)30-20)16(24)12-9-5-2-6-10-12/h1-10,13-14,19-20H/t13-,14+,19+,20-. The molecule has 8 heteroatoms. The van der Waals surface area contributed by atoms with Gasteiger partial charge in [0, 0.05) is 11.1 Å². The number of hydrogen-bond donors (Lipinski definition) is 0. The Bertz CT molecular complexity index is 985. The van der Waals surface area contributed by atoms with Gasteiger partial charge in [0.15, 0.2) is 23.8 Å². The van der Waals surface area contributed by atoms with E-state index in [1.165, 1.54) is 24.3 Å². The molecule has 4 atom stereocenters. The summed E-state index contributed by atoms with van der Waals surface area (Å²) in [5.41, 5.74) is 0.279. The van der Waals surface area contributed by atoms with E-state index < -0.39 is 59.1 Å². The summed E-state index contributed by atoms with van der Waals surface area (Å²) in [7, 11) is 0. The van der Waals surface area contributed by atoms with Crippen molar-refractivity contribution in [1.29, 1.82) is 0 Å². The van der Waals surface area contributed by atoms with Gasteiger partial charge in [0.25, 0.3) is 11.6 Å². The highest BCUT2D eigenvalue weighted by Gasteiger charge is 2.60. The lowest BCUT2D eigenvalue weighted by atomic mass is 9.81. The molecule has 8 nitrogen and oxygen atoms in total. The molecule has 0 aliphatic carbocycles. The van der Waals surface area contributed by atoms with Gasteiger partial charge in [-0.2, -0.15) is 0 Å². The van der Waals surface area contributed by atoms with Crippen LogP contribution in [-0.4, -0.2) is 47.3 Å². The van der Waals surface area contributed by atoms with Crippen molar-refractivity contribution in [3.63, 3.8) is 0 Å². The van der Waals surface area contributed by atoms with E-state index in [0.717, 1.165) is 0 Å². The van der Waals surface area contributed by atoms with Gasteiger partial charge in [0.1, 0.15) is 11.8 Å². The van der Waals surface area contributed by atoms with Crippen molar-refractivity contribution in [3.05, 3.63) is 71.8 Å². The number of carbonyl (C=O) groups excluding carboxylic acids is 6. The van der Waals surface area contributed by atoms with Crippen molar-refractivity contribution in [1.82, 2.24) is 0 Å². The van der Waals surface area contributed by atoms with Crippen LogP contribution in [0.5, 0.6) is 0 Å². The Morgan fingerprint density at radius 3 is 1.23 bits per heavy atom. The summed E-state index contributed by atoms with van der Waals surface area (Å²) < 4.78 is 10.1. The first-order chi connectivity index (χ1) is 14.4. The minimum absolute atomic E-state index is 0.140. The minimum Gasteiger partial charge on any atom is -0.451 e. The van der Waals surface area contributed by atoms with Gasteiger partial charge >= 0.3 is 11.9 Å². The summed E-state index contributed by atoms with van der Waals surface area (Å²) >= 11 is 0. The van der Waals surface area contributed by atoms with Gasteiger partial charge < -0.3 is 9.47 Å². The molecule has 2 heterocycles. The van der Waals surface area contributed by atoms with E-state index in [2.05, 4.69) is 0 Å². The fraction of sp³-hybridized carbons (Fsp3) is 0.182. The fourth-order valence-corrected chi connectivity index (χ4v) is 3.67. The summed E-state index contributed by atoms with van der Waals surface area (Å²) in [4.78, 5) is 74.5. The molecule has 0 spiro atoms. The van der Waals surface area contributed by atoms with E-state index in [-0.39, 0.29) is 11.1 Å². The van der Waals surface area contributed by atoms with Gasteiger partial charge in [-0.15, -0.1) is 0 Å². The molecule has 0 amide bonds. The number of ether oxygens (including phenoxy) is 2. The van der Waals surface area contributed by atoms with E-state index in [9.17, 15) is 28.8 Å². The van der Waals surface area contributed by atoms with Gasteiger partial charge in [-0.25, -0.2) is 9.59 Å². The number of benzene rings is 2. The Hall–Kier alpha value is -3.94. The fourth-order valence-electron chi connectivity index (χ4n) is 3.67. The Labute approximate surface area is 169 Å². The van der Waals surface area contributed by atoms with E-state index in [1.807, 2.05) is 0 Å². The Kier molecular flexibility index (Phi) is 4.83. The highest BCUT2D eigenvalue weighted by Crippen LogP contribution is 2.35. The van der Waals surface area contributed by atoms with Crippen LogP contribution in [0, 0.1) is 11.8 Å². The Morgan fingerprint density at radius 2 is 0.900 bits per heavy atom. The molecule has 150 valence electrons. The second-order valence-corrected chi connectivity index (χ2v) is 6.88. The average molecular weight is 406 g/mol. The quantitative estimate of drug-likeness (QED) is 0.312. The van der Waals surface area contributed by atoms with Crippen molar-refractivity contribution in [2.75, 3.05) is 0 Å². The highest BCUT2D eigenvalue weighted by atomic mass is 16.6. The third kappa shape index (κ3) is 3.12. The van der Waals surface area contributed by atoms with Crippen LogP contribution in [-0.2, 0) is 28.7 Å². The SMILES string of the molecule is O=C1O[C@@H]([C@H]2OC(=O)C(=O)[C@H]2C(=O)c2ccccc2)[C@@H](C(=O)c2ccccc2)C1=O. The maximum Gasteiger partial charge on any atom is 0.376 e. The molecule has 4 rings (SSSR count). The topological polar surface area (TPSA) is 121 Å². The van der Waals surface area contributed by atoms with Crippen molar-refractivity contribution >= 4 is 35.1 Å². The van der Waals surface area contributed by atoms with E-state index in [4.69, 9.17) is 9.47 Å². The maximum absolute atomic E-state index is 12.9. The summed E-state index contributed by atoms with van der Waals surface area (Å²) in [6.07, 6.45) is -3.16. The van der Waals surface area contributed by atoms with Gasteiger partial charge in [0.2, 0.25) is 0 Å². The van der Waals surface area contributed by atoms with Crippen LogP contribution in [0.15, 0.2) is 60.7 Å². The summed E-state index contributed by atoms with van der Waals surface area (Å²) in [5.74, 6) is -9.50. The van der Waals surface area contributed by atoms with Crippen molar-refractivity contribution in [2.24, 2.45) is 11.8 Å². The number of hydrogen-bond acceptors (Lipinski definition) is 8. The van der Waals surface area contributed by atoms with Gasteiger partial charge in [-0.05, 0) is 0 Å². The largest absolute Gasteiger partial charge is 0.451 e. The van der Waals surface area contributed by atoms with Crippen LogP contribution in [0.25, 0.3) is 0 Å². The molecule has 0 unspecified atom stereocenters. The molecule has 0 N–H and O–H groups in total. The molecule has 2 saturated heterocycles. The van der Waals surface area contributed by atoms with Crippen LogP contribution in [0.3, 0.4) is 0 Å². The van der Waals surface area contributed by atoms with Crippen molar-refractivity contribution < 1.29 is 38.2 Å². The van der Waals surface area contributed by atoms with Crippen LogP contribution >= 0.6 is 0 Å². The molecule has 0 saturated carbocycles. The van der Waals surface area contributed by atoms with Gasteiger partial charge in [-0.1, -0.05) is 60.7 Å². The van der Waals surface area contributed by atoms with Crippen molar-refractivity contribution in [2.45, 2.75) is 12.2 Å². The second kappa shape index (κ2) is 7.47. The van der Waals surface area contributed by atoms with E-state index in [1.54, 1.807) is 36.4 Å². The van der Waals surface area contributed by atoms with Gasteiger partial charge in [0.05, 0.1) is 0 Å². The monoisotopic (exact) mass is 406 g/mol. The first-order valence-corrected chi connectivity index (χ1v) is 9.08. The van der Waals surface area contributed by atoms with E-state index in [0.29, 0.717) is 0 Å². The first-order valence-electron chi connectivity index (χ1n) is 9.08. The molecule has 2 aliphatic heterocycles. The molecule has 2 aromatic carbocycles. The predicted molar refractivity (Wildman–Crippen MR) is 98.3 cm³/mol. The van der Waals surface area contributed by atoms with Gasteiger partial charge in [-0.3, -0.25) is 19.2 Å². The van der Waals surface area contributed by atoms with Crippen LogP contribution in [0.4, 0.5) is 0 Å². The number of cyclic esters (lactones) is 2. The minimum atomic E-state index is -1.63. The molecule has 0 aromatic heterocycles. The zero-order valence-electron chi connectivity index (χ0n) is 15.3. The third-order valence-electron chi connectivity index (χ3n) is 5.12. The lowest BCUT2D eigenvalue weighted by Crippen LogP contribution is -2.44. The third-order valence-corrected chi connectivity index (χ3v) is 5.12. The molecular formula is C22H14O8. The van der Waals surface area contributed by atoms with Crippen LogP contribution in [0.2, 0.25) is 0 Å². The summed E-state index contributed by atoms with van der Waals surface area (Å²) in [5, 5.41) is 0. The molecule has 2 aromatic rings. The smallest absolute Gasteiger partial charge is 0.376 e. The summed E-state index contributed by atoms with van der Waals surface area (Å²) in [6, 6.07) is 15.4. The maximum atomic E-state index is 12.9. The second-order valence-electron chi connectivity index (χ2n) is 6.88. The van der Waals surface area contributed by atoms with Crippen molar-refractivity contribution in [3.8, 4) is 0 Å². The Balaban J connectivity index is 1.72. The lowest BCUT2D eigenvalue weighted by molar-refractivity contribution is -0.157.